The highest BCUT2D eigenvalue weighted by Crippen LogP contribution is 2.22. The van der Waals surface area contributed by atoms with Crippen molar-refractivity contribution in [2.45, 2.75) is 45.4 Å². The zero-order valence-corrected chi connectivity index (χ0v) is 19.6. The number of aryl methyl sites for hydroxylation is 2. The number of hydrogen-bond donors (Lipinski definition) is 1. The number of nitrogens with two attached hydrogens (primary N) is 1. The van der Waals surface area contributed by atoms with E-state index in [1.807, 2.05) is 29.8 Å². The minimum Gasteiger partial charge on any atom is -0.488 e. The van der Waals surface area contributed by atoms with E-state index in [2.05, 4.69) is 29.2 Å². The first-order chi connectivity index (χ1) is 16.0. The zero-order valence-electron chi connectivity index (χ0n) is 18.8. The second-order valence-corrected chi connectivity index (χ2v) is 9.75. The first-order valence-electron chi connectivity index (χ1n) is 11.5. The third kappa shape index (κ3) is 7.04. The fourth-order valence-electron chi connectivity index (χ4n) is 4.27. The van der Waals surface area contributed by atoms with Gasteiger partial charge in [0.25, 0.3) is 5.56 Å². The van der Waals surface area contributed by atoms with Crippen LogP contribution in [0.3, 0.4) is 0 Å². The Morgan fingerprint density at radius 1 is 1.09 bits per heavy atom. The maximum Gasteiger partial charge on any atom is 0.254 e. The van der Waals surface area contributed by atoms with E-state index in [9.17, 15) is 9.59 Å². The van der Waals surface area contributed by atoms with Gasteiger partial charge in [0, 0.05) is 36.7 Å². The molecule has 3 heterocycles. The van der Waals surface area contributed by atoms with Crippen LogP contribution in [-0.2, 0) is 30.9 Å². The number of benzene rings is 1. The molecule has 1 aromatic carbocycles. The summed E-state index contributed by atoms with van der Waals surface area (Å²) in [6.45, 7) is 4.07. The molecule has 2 N–H and O–H groups in total. The summed E-state index contributed by atoms with van der Waals surface area (Å²) in [4.78, 5) is 27.1. The Morgan fingerprint density at radius 3 is 2.52 bits per heavy atom. The number of pyridine rings is 1. The summed E-state index contributed by atoms with van der Waals surface area (Å²) in [6, 6.07) is 16.1. The largest absolute Gasteiger partial charge is 0.488 e. The monoisotopic (exact) mass is 465 g/mol. The molecule has 1 aliphatic rings. The van der Waals surface area contributed by atoms with Crippen molar-refractivity contribution < 1.29 is 9.53 Å². The molecule has 1 saturated heterocycles. The molecule has 0 aliphatic carbocycles. The SMILES string of the molecule is NC(=O)CC1CCN(Cc2ccc(CCn3ccc(OCc4cccs4)cc3=O)cc2)CC1. The number of aromatic nitrogens is 1. The lowest BCUT2D eigenvalue weighted by atomic mass is 9.93. The van der Waals surface area contributed by atoms with Crippen molar-refractivity contribution in [3.8, 4) is 5.75 Å². The quantitative estimate of drug-likeness (QED) is 0.494. The van der Waals surface area contributed by atoms with E-state index in [-0.39, 0.29) is 11.5 Å². The molecule has 4 rings (SSSR count). The first-order valence-corrected chi connectivity index (χ1v) is 12.4. The highest BCUT2D eigenvalue weighted by atomic mass is 32.1. The number of amides is 1. The normalized spacial score (nSPS) is 14.9. The van der Waals surface area contributed by atoms with Gasteiger partial charge in [-0.05, 0) is 66.9 Å². The maximum absolute atomic E-state index is 12.4. The molecule has 6 nitrogen and oxygen atoms in total. The standard InChI is InChI=1S/C26H31N3O3S/c27-25(30)16-21-7-11-28(12-8-21)18-22-5-3-20(4-6-22)9-13-29-14-10-23(17-26(29)31)32-19-24-2-1-15-33-24/h1-6,10,14-15,17,21H,7-9,11-13,16,18-19H2,(H2,27,30). The van der Waals surface area contributed by atoms with Crippen molar-refractivity contribution in [2.75, 3.05) is 13.1 Å². The number of thiophene rings is 1. The molecule has 1 aliphatic heterocycles. The third-order valence-corrected chi connectivity index (χ3v) is 7.05. The molecule has 1 amide bonds. The minimum absolute atomic E-state index is 0.0463. The van der Waals surface area contributed by atoms with Gasteiger partial charge in [-0.1, -0.05) is 30.3 Å². The van der Waals surface area contributed by atoms with Crippen LogP contribution >= 0.6 is 11.3 Å². The molecule has 0 saturated carbocycles. The summed E-state index contributed by atoms with van der Waals surface area (Å²) in [5.74, 6) is 0.851. The summed E-state index contributed by atoms with van der Waals surface area (Å²) in [6.07, 6.45) is 5.19. The molecule has 0 spiro atoms. The number of nitrogens with zero attached hydrogens (tertiary/aromatic N) is 2. The average molecular weight is 466 g/mol. The maximum atomic E-state index is 12.4. The number of hydrogen-bond acceptors (Lipinski definition) is 5. The number of carbonyl (C=O) groups is 1. The molecule has 0 unspecified atom stereocenters. The average Bonchev–Trinajstić information content (AvgIpc) is 3.33. The van der Waals surface area contributed by atoms with Gasteiger partial charge in [0.1, 0.15) is 12.4 Å². The smallest absolute Gasteiger partial charge is 0.254 e. The van der Waals surface area contributed by atoms with Crippen molar-refractivity contribution in [1.29, 1.82) is 0 Å². The topological polar surface area (TPSA) is 77.6 Å². The molecule has 174 valence electrons. The van der Waals surface area contributed by atoms with Crippen LogP contribution in [0.4, 0.5) is 0 Å². The van der Waals surface area contributed by atoms with Gasteiger partial charge in [-0.25, -0.2) is 0 Å². The summed E-state index contributed by atoms with van der Waals surface area (Å²) in [5.41, 5.74) is 7.78. The van der Waals surface area contributed by atoms with Gasteiger partial charge >= 0.3 is 0 Å². The second kappa shape index (κ2) is 11.3. The van der Waals surface area contributed by atoms with Crippen molar-refractivity contribution in [3.63, 3.8) is 0 Å². The fraction of sp³-hybridized carbons (Fsp3) is 0.385. The van der Waals surface area contributed by atoms with Crippen LogP contribution in [0.2, 0.25) is 0 Å². The first kappa shape index (κ1) is 23.3. The van der Waals surface area contributed by atoms with Crippen molar-refractivity contribution in [3.05, 3.63) is 86.5 Å². The lowest BCUT2D eigenvalue weighted by molar-refractivity contribution is -0.119. The van der Waals surface area contributed by atoms with E-state index in [4.69, 9.17) is 10.5 Å². The summed E-state index contributed by atoms with van der Waals surface area (Å²) in [5, 5.41) is 2.01. The van der Waals surface area contributed by atoms with E-state index in [1.54, 1.807) is 22.0 Å². The fourth-order valence-corrected chi connectivity index (χ4v) is 4.88. The number of carbonyl (C=O) groups excluding carboxylic acids is 1. The Balaban J connectivity index is 1.23. The molecule has 2 aromatic heterocycles. The van der Waals surface area contributed by atoms with Crippen LogP contribution in [0.1, 0.15) is 35.3 Å². The molecule has 1 fully saturated rings. The van der Waals surface area contributed by atoms with Crippen LogP contribution in [-0.4, -0.2) is 28.5 Å². The predicted molar refractivity (Wildman–Crippen MR) is 131 cm³/mol. The number of piperidine rings is 1. The molecule has 0 radical (unpaired) electrons. The number of rotatable bonds is 10. The van der Waals surface area contributed by atoms with Gasteiger partial charge < -0.3 is 15.0 Å². The van der Waals surface area contributed by atoms with Crippen LogP contribution in [0.25, 0.3) is 0 Å². The highest BCUT2D eigenvalue weighted by Gasteiger charge is 2.20. The van der Waals surface area contributed by atoms with Crippen LogP contribution in [0.5, 0.6) is 5.75 Å². The molecule has 7 heteroatoms. The summed E-state index contributed by atoms with van der Waals surface area (Å²) in [7, 11) is 0. The molecular weight excluding hydrogens is 434 g/mol. The van der Waals surface area contributed by atoms with Crippen molar-refractivity contribution in [1.82, 2.24) is 9.47 Å². The zero-order chi connectivity index (χ0) is 23.0. The molecular formula is C26H31N3O3S. The van der Waals surface area contributed by atoms with Gasteiger partial charge in [0.05, 0.1) is 0 Å². The third-order valence-electron chi connectivity index (χ3n) is 6.20. The van der Waals surface area contributed by atoms with E-state index >= 15 is 0 Å². The predicted octanol–water partition coefficient (Wildman–Crippen LogP) is 3.82. The molecule has 33 heavy (non-hydrogen) atoms. The van der Waals surface area contributed by atoms with Gasteiger partial charge in [-0.15, -0.1) is 11.3 Å². The summed E-state index contributed by atoms with van der Waals surface area (Å²) >= 11 is 1.64. The van der Waals surface area contributed by atoms with Crippen LogP contribution < -0.4 is 16.0 Å². The number of ether oxygens (including phenoxy) is 1. The lowest BCUT2D eigenvalue weighted by Crippen LogP contribution is -2.34. The van der Waals surface area contributed by atoms with Crippen molar-refractivity contribution >= 4 is 17.2 Å². The Labute approximate surface area is 198 Å². The second-order valence-electron chi connectivity index (χ2n) is 8.72. The van der Waals surface area contributed by atoms with E-state index < -0.39 is 0 Å². The van der Waals surface area contributed by atoms with Crippen LogP contribution in [0, 0.1) is 5.92 Å². The van der Waals surface area contributed by atoms with Crippen LogP contribution in [0.15, 0.2) is 64.9 Å². The van der Waals surface area contributed by atoms with Gasteiger partial charge in [0.2, 0.25) is 5.91 Å². The van der Waals surface area contributed by atoms with E-state index in [0.717, 1.165) is 43.8 Å². The lowest BCUT2D eigenvalue weighted by Gasteiger charge is -2.31. The summed E-state index contributed by atoms with van der Waals surface area (Å²) < 4.78 is 7.44. The van der Waals surface area contributed by atoms with E-state index in [1.165, 1.54) is 11.1 Å². The van der Waals surface area contributed by atoms with Crippen molar-refractivity contribution in [2.24, 2.45) is 11.7 Å². The minimum atomic E-state index is -0.190. The van der Waals surface area contributed by atoms with E-state index in [0.29, 0.717) is 31.2 Å². The Bertz CT molecular complexity index is 1080. The Morgan fingerprint density at radius 2 is 1.85 bits per heavy atom. The highest BCUT2D eigenvalue weighted by molar-refractivity contribution is 7.09. The number of likely N-dealkylation sites (tertiary alicyclic amines) is 1. The van der Waals surface area contributed by atoms with Gasteiger partial charge in [-0.3, -0.25) is 14.5 Å². The molecule has 3 aromatic rings. The molecule has 0 bridgehead atoms. The Kier molecular flexibility index (Phi) is 7.96. The number of primary amides is 1. The Hall–Kier alpha value is -2.90. The molecule has 0 atom stereocenters. The van der Waals surface area contributed by atoms with Gasteiger partial charge in [0.15, 0.2) is 0 Å². The van der Waals surface area contributed by atoms with Gasteiger partial charge in [-0.2, -0.15) is 0 Å².